The molecule has 1 heterocycles. The second kappa shape index (κ2) is 8.94. The fourth-order valence-corrected chi connectivity index (χ4v) is 2.63. The molecule has 0 saturated heterocycles. The van der Waals surface area contributed by atoms with E-state index < -0.39 is 0 Å². The molecule has 0 bridgehead atoms. The number of amides is 2. The number of aromatic nitrogens is 2. The van der Waals surface area contributed by atoms with Crippen LogP contribution in [0, 0.1) is 0 Å². The average molecular weight is 378 g/mol. The lowest BCUT2D eigenvalue weighted by atomic mass is 10.1. The normalized spacial score (nSPS) is 10.5. The van der Waals surface area contributed by atoms with Crippen molar-refractivity contribution < 1.29 is 14.0 Å². The van der Waals surface area contributed by atoms with Gasteiger partial charge in [0.25, 0.3) is 5.91 Å². The zero-order valence-electron chi connectivity index (χ0n) is 15.9. The monoisotopic (exact) mass is 378 g/mol. The number of hydrogen-bond donors (Lipinski definition) is 1. The number of nitrogens with zero attached hydrogens (tertiary/aromatic N) is 3. The molecule has 3 rings (SSSR count). The first-order valence-electron chi connectivity index (χ1n) is 8.98. The zero-order valence-corrected chi connectivity index (χ0v) is 15.9. The Morgan fingerprint density at radius 2 is 1.82 bits per heavy atom. The van der Waals surface area contributed by atoms with Gasteiger partial charge in [-0.05, 0) is 29.8 Å². The number of carbonyl (C=O) groups is 2. The molecule has 0 atom stereocenters. The van der Waals surface area contributed by atoms with Crippen molar-refractivity contribution in [3.63, 3.8) is 0 Å². The van der Waals surface area contributed by atoms with Crippen molar-refractivity contribution in [1.82, 2.24) is 20.4 Å². The largest absolute Gasteiger partial charge is 0.421 e. The Hall–Kier alpha value is -3.48. The Morgan fingerprint density at radius 3 is 2.57 bits per heavy atom. The summed E-state index contributed by atoms with van der Waals surface area (Å²) in [5.41, 5.74) is 2.30. The van der Waals surface area contributed by atoms with Crippen LogP contribution in [0.5, 0.6) is 0 Å². The Labute approximate surface area is 163 Å². The molecule has 144 valence electrons. The fourth-order valence-electron chi connectivity index (χ4n) is 2.63. The van der Waals surface area contributed by atoms with Gasteiger partial charge in [0.1, 0.15) is 0 Å². The zero-order chi connectivity index (χ0) is 19.9. The molecule has 28 heavy (non-hydrogen) atoms. The van der Waals surface area contributed by atoms with Crippen LogP contribution >= 0.6 is 0 Å². The van der Waals surface area contributed by atoms with E-state index in [1.807, 2.05) is 42.5 Å². The standard InChI is InChI=1S/C21H22N4O3/c1-25(2)21(27)17-10-6-7-15(13-17)14-22-18(26)11-12-19-23-24-20(28-19)16-8-4-3-5-9-16/h3-10,13H,11-12,14H2,1-2H3,(H,22,26). The summed E-state index contributed by atoms with van der Waals surface area (Å²) >= 11 is 0. The van der Waals surface area contributed by atoms with Gasteiger partial charge < -0.3 is 14.6 Å². The van der Waals surface area contributed by atoms with E-state index in [1.165, 1.54) is 4.90 Å². The maximum atomic E-state index is 12.1. The third-order valence-electron chi connectivity index (χ3n) is 4.12. The van der Waals surface area contributed by atoms with Crippen LogP contribution in [0.25, 0.3) is 11.5 Å². The third kappa shape index (κ3) is 5.03. The molecule has 3 aromatic rings. The molecular formula is C21H22N4O3. The topological polar surface area (TPSA) is 88.3 Å². The van der Waals surface area contributed by atoms with E-state index in [0.29, 0.717) is 30.3 Å². The number of nitrogens with one attached hydrogen (secondary N) is 1. The number of aryl methyl sites for hydroxylation is 1. The highest BCUT2D eigenvalue weighted by atomic mass is 16.4. The molecule has 0 fully saturated rings. The van der Waals surface area contributed by atoms with Gasteiger partial charge in [0.05, 0.1) is 0 Å². The van der Waals surface area contributed by atoms with E-state index in [9.17, 15) is 9.59 Å². The lowest BCUT2D eigenvalue weighted by Crippen LogP contribution is -2.24. The van der Waals surface area contributed by atoms with Crippen LogP contribution in [-0.4, -0.2) is 41.0 Å². The highest BCUT2D eigenvalue weighted by Crippen LogP contribution is 2.17. The number of rotatable bonds is 7. The highest BCUT2D eigenvalue weighted by Gasteiger charge is 2.11. The summed E-state index contributed by atoms with van der Waals surface area (Å²) < 4.78 is 5.60. The van der Waals surface area contributed by atoms with E-state index in [2.05, 4.69) is 15.5 Å². The first-order valence-corrected chi connectivity index (χ1v) is 8.98. The Morgan fingerprint density at radius 1 is 1.04 bits per heavy atom. The first kappa shape index (κ1) is 19.3. The van der Waals surface area contributed by atoms with Gasteiger partial charge in [-0.2, -0.15) is 0 Å². The van der Waals surface area contributed by atoms with Crippen molar-refractivity contribution in [1.29, 1.82) is 0 Å². The van der Waals surface area contributed by atoms with Crippen molar-refractivity contribution >= 4 is 11.8 Å². The minimum absolute atomic E-state index is 0.0706. The maximum absolute atomic E-state index is 12.1. The summed E-state index contributed by atoms with van der Waals surface area (Å²) in [6, 6.07) is 16.7. The lowest BCUT2D eigenvalue weighted by molar-refractivity contribution is -0.121. The van der Waals surface area contributed by atoms with Crippen molar-refractivity contribution in [2.45, 2.75) is 19.4 Å². The highest BCUT2D eigenvalue weighted by molar-refractivity contribution is 5.94. The summed E-state index contributed by atoms with van der Waals surface area (Å²) in [5.74, 6) is 0.675. The van der Waals surface area contributed by atoms with Gasteiger partial charge in [-0.1, -0.05) is 30.3 Å². The molecule has 0 aliphatic heterocycles. The quantitative estimate of drug-likeness (QED) is 0.683. The minimum atomic E-state index is -0.121. The van der Waals surface area contributed by atoms with Crippen LogP contribution in [-0.2, 0) is 17.8 Å². The molecule has 1 N–H and O–H groups in total. The predicted octanol–water partition coefficient (Wildman–Crippen LogP) is 2.69. The van der Waals surface area contributed by atoms with E-state index in [1.54, 1.807) is 26.2 Å². The molecule has 0 spiro atoms. The van der Waals surface area contributed by atoms with Crippen molar-refractivity contribution in [3.05, 3.63) is 71.6 Å². The SMILES string of the molecule is CN(C)C(=O)c1cccc(CNC(=O)CCc2nnc(-c3ccccc3)o2)c1. The van der Waals surface area contributed by atoms with Gasteiger partial charge in [0.15, 0.2) is 0 Å². The number of hydrogen-bond acceptors (Lipinski definition) is 5. The Kier molecular flexibility index (Phi) is 6.16. The third-order valence-corrected chi connectivity index (χ3v) is 4.12. The first-order chi connectivity index (χ1) is 13.5. The van der Waals surface area contributed by atoms with E-state index in [-0.39, 0.29) is 18.2 Å². The molecule has 2 amide bonds. The summed E-state index contributed by atoms with van der Waals surface area (Å²) in [4.78, 5) is 25.7. The van der Waals surface area contributed by atoms with Crippen molar-refractivity contribution in [2.75, 3.05) is 14.1 Å². The average Bonchev–Trinajstić information content (AvgIpc) is 3.20. The smallest absolute Gasteiger partial charge is 0.253 e. The molecule has 0 radical (unpaired) electrons. The summed E-state index contributed by atoms with van der Waals surface area (Å²) in [7, 11) is 3.41. The second-order valence-electron chi connectivity index (χ2n) is 6.54. The molecule has 7 heteroatoms. The summed E-state index contributed by atoms with van der Waals surface area (Å²) in [5, 5.41) is 10.9. The summed E-state index contributed by atoms with van der Waals surface area (Å²) in [6.45, 7) is 0.354. The number of carbonyl (C=O) groups excluding carboxylic acids is 2. The van der Waals surface area contributed by atoms with Gasteiger partial charge in [0, 0.05) is 44.6 Å². The van der Waals surface area contributed by atoms with Crippen LogP contribution in [0.2, 0.25) is 0 Å². The molecule has 0 unspecified atom stereocenters. The van der Waals surface area contributed by atoms with Gasteiger partial charge >= 0.3 is 0 Å². The minimum Gasteiger partial charge on any atom is -0.421 e. The van der Waals surface area contributed by atoms with Crippen LogP contribution in [0.3, 0.4) is 0 Å². The molecule has 1 aromatic heterocycles. The van der Waals surface area contributed by atoms with Crippen molar-refractivity contribution in [3.8, 4) is 11.5 Å². The van der Waals surface area contributed by atoms with Gasteiger partial charge in [-0.25, -0.2) is 0 Å². The molecule has 2 aromatic carbocycles. The molecule has 0 aliphatic rings. The van der Waals surface area contributed by atoms with Gasteiger partial charge in [0.2, 0.25) is 17.7 Å². The maximum Gasteiger partial charge on any atom is 0.253 e. The molecule has 0 aliphatic carbocycles. The summed E-state index contributed by atoms with van der Waals surface area (Å²) in [6.07, 6.45) is 0.609. The molecule has 0 saturated carbocycles. The lowest BCUT2D eigenvalue weighted by Gasteiger charge is -2.11. The van der Waals surface area contributed by atoms with Crippen molar-refractivity contribution in [2.24, 2.45) is 0 Å². The van der Waals surface area contributed by atoms with Crippen LogP contribution < -0.4 is 5.32 Å². The van der Waals surface area contributed by atoms with E-state index in [4.69, 9.17) is 4.42 Å². The fraction of sp³-hybridized carbons (Fsp3) is 0.238. The van der Waals surface area contributed by atoms with Crippen LogP contribution in [0.1, 0.15) is 28.2 Å². The second-order valence-corrected chi connectivity index (χ2v) is 6.54. The van der Waals surface area contributed by atoms with E-state index in [0.717, 1.165) is 11.1 Å². The van der Waals surface area contributed by atoms with E-state index >= 15 is 0 Å². The molecular weight excluding hydrogens is 356 g/mol. The van der Waals surface area contributed by atoms with Crippen LogP contribution in [0.15, 0.2) is 59.0 Å². The Bertz CT molecular complexity index is 951. The number of benzene rings is 2. The Balaban J connectivity index is 1.50. The van der Waals surface area contributed by atoms with Gasteiger partial charge in [-0.3, -0.25) is 9.59 Å². The van der Waals surface area contributed by atoms with Crippen LogP contribution in [0.4, 0.5) is 0 Å². The molecule has 7 nitrogen and oxygen atoms in total. The van der Waals surface area contributed by atoms with Gasteiger partial charge in [-0.15, -0.1) is 10.2 Å². The predicted molar refractivity (Wildman–Crippen MR) is 104 cm³/mol.